The minimum absolute atomic E-state index is 0.229. The highest BCUT2D eigenvalue weighted by molar-refractivity contribution is 7.89. The number of nitrogens with one attached hydrogen (secondary N) is 3. The van der Waals surface area contributed by atoms with Crippen LogP contribution in [0.5, 0.6) is 0 Å². The van der Waals surface area contributed by atoms with Crippen molar-refractivity contribution in [1.29, 1.82) is 0 Å². The molecular weight excluding hydrogens is 360 g/mol. The first kappa shape index (κ1) is 20.7. The normalized spacial score (nSPS) is 25.7. The van der Waals surface area contributed by atoms with E-state index in [9.17, 15) is 8.42 Å². The molecule has 1 aromatic rings. The molecule has 1 aromatic carbocycles. The molecule has 7 heteroatoms. The van der Waals surface area contributed by atoms with Crippen molar-refractivity contribution in [2.75, 3.05) is 32.7 Å². The molecule has 6 nitrogen and oxygen atoms in total. The lowest BCUT2D eigenvalue weighted by Gasteiger charge is -2.33. The topological polar surface area (TPSA) is 73.5 Å². The van der Waals surface area contributed by atoms with Gasteiger partial charge in [0.05, 0.1) is 4.90 Å². The third-order valence-corrected chi connectivity index (χ3v) is 7.73. The van der Waals surface area contributed by atoms with Crippen molar-refractivity contribution in [3.05, 3.63) is 30.3 Å². The summed E-state index contributed by atoms with van der Waals surface area (Å²) in [6, 6.07) is 9.22. The van der Waals surface area contributed by atoms with Gasteiger partial charge >= 0.3 is 0 Å². The lowest BCUT2D eigenvalue weighted by molar-refractivity contribution is 0.226. The molecule has 2 fully saturated rings. The highest BCUT2D eigenvalue weighted by Crippen LogP contribution is 2.27. The molecule has 3 N–H and O–H groups in total. The van der Waals surface area contributed by atoms with Crippen LogP contribution in [0.3, 0.4) is 0 Å². The molecule has 0 aliphatic carbocycles. The number of rotatable bonds is 6. The van der Waals surface area contributed by atoms with E-state index in [0.29, 0.717) is 35.9 Å². The maximum atomic E-state index is 12.7. The molecule has 2 unspecified atom stereocenters. The minimum Gasteiger partial charge on any atom is -0.316 e. The molecule has 2 aliphatic heterocycles. The summed E-state index contributed by atoms with van der Waals surface area (Å²) in [5.74, 6) is 1.12. The Labute approximate surface area is 164 Å². The molecule has 3 rings (SSSR count). The fourth-order valence-corrected chi connectivity index (χ4v) is 5.71. The van der Waals surface area contributed by atoms with Gasteiger partial charge in [-0.3, -0.25) is 10.9 Å². The molecule has 0 radical (unpaired) electrons. The van der Waals surface area contributed by atoms with Crippen molar-refractivity contribution in [1.82, 2.24) is 20.5 Å². The summed E-state index contributed by atoms with van der Waals surface area (Å²) in [6.07, 6.45) is 1.84. The van der Waals surface area contributed by atoms with E-state index in [1.54, 1.807) is 28.6 Å². The fourth-order valence-electron chi connectivity index (χ4n) is 4.22. The van der Waals surface area contributed by atoms with E-state index in [2.05, 4.69) is 36.9 Å². The smallest absolute Gasteiger partial charge is 0.243 e. The number of piperidine rings is 1. The first-order chi connectivity index (χ1) is 12.8. The highest BCUT2D eigenvalue weighted by Gasteiger charge is 2.35. The van der Waals surface area contributed by atoms with Crippen LogP contribution in [-0.4, -0.2) is 51.5 Å². The Morgan fingerprint density at radius 1 is 1.11 bits per heavy atom. The monoisotopic (exact) mass is 394 g/mol. The van der Waals surface area contributed by atoms with Crippen LogP contribution in [0, 0.1) is 17.3 Å². The largest absolute Gasteiger partial charge is 0.316 e. The van der Waals surface area contributed by atoms with Crippen molar-refractivity contribution >= 4 is 10.0 Å². The van der Waals surface area contributed by atoms with E-state index in [4.69, 9.17) is 0 Å². The Morgan fingerprint density at radius 2 is 1.78 bits per heavy atom. The average Bonchev–Trinajstić information content (AvgIpc) is 3.12. The van der Waals surface area contributed by atoms with Gasteiger partial charge in [0, 0.05) is 38.1 Å². The lowest BCUT2D eigenvalue weighted by Crippen LogP contribution is -2.45. The summed E-state index contributed by atoms with van der Waals surface area (Å²) >= 11 is 0. The summed E-state index contributed by atoms with van der Waals surface area (Å²) in [6.45, 7) is 11.0. The van der Waals surface area contributed by atoms with Gasteiger partial charge in [-0.15, -0.1) is 0 Å². The molecule has 2 aliphatic rings. The molecule has 0 spiro atoms. The summed E-state index contributed by atoms with van der Waals surface area (Å²) in [5.41, 5.74) is 6.93. The number of nitrogens with zero attached hydrogens (tertiary/aromatic N) is 1. The van der Waals surface area contributed by atoms with Gasteiger partial charge in [0.25, 0.3) is 0 Å². The fraction of sp³-hybridized carbons (Fsp3) is 0.700. The van der Waals surface area contributed by atoms with Crippen LogP contribution < -0.4 is 16.2 Å². The molecule has 0 aromatic heterocycles. The number of benzene rings is 1. The van der Waals surface area contributed by atoms with Gasteiger partial charge < -0.3 is 5.32 Å². The molecule has 0 saturated carbocycles. The maximum absolute atomic E-state index is 12.7. The zero-order chi connectivity index (χ0) is 19.5. The van der Waals surface area contributed by atoms with Crippen LogP contribution in [0.15, 0.2) is 35.2 Å². The van der Waals surface area contributed by atoms with Crippen LogP contribution in [-0.2, 0) is 10.0 Å². The van der Waals surface area contributed by atoms with Gasteiger partial charge in [0.1, 0.15) is 0 Å². The van der Waals surface area contributed by atoms with E-state index in [0.717, 1.165) is 32.5 Å². The molecular formula is C20H34N4O2S. The maximum Gasteiger partial charge on any atom is 0.243 e. The Balaban J connectivity index is 1.44. The Kier molecular flexibility index (Phi) is 6.58. The van der Waals surface area contributed by atoms with E-state index in [1.165, 1.54) is 0 Å². The standard InChI is InChI=1S/C20H34N4O2S/c1-20(2,3)19-17(15-22-23-19)14-21-13-16-9-11-24(12-10-16)27(25,26)18-7-5-4-6-8-18/h4-8,16-17,19,21-23H,9-15H2,1-3H3. The van der Waals surface area contributed by atoms with Crippen LogP contribution in [0.1, 0.15) is 33.6 Å². The summed E-state index contributed by atoms with van der Waals surface area (Å²) in [4.78, 5) is 0.399. The Bertz CT molecular complexity index is 694. The van der Waals surface area contributed by atoms with E-state index >= 15 is 0 Å². The Hall–Kier alpha value is -0.990. The van der Waals surface area contributed by atoms with Crippen LogP contribution >= 0.6 is 0 Å². The molecule has 2 atom stereocenters. The minimum atomic E-state index is -3.35. The van der Waals surface area contributed by atoms with Gasteiger partial charge in [-0.1, -0.05) is 39.0 Å². The SMILES string of the molecule is CC(C)(C)C1NNCC1CNCC1CCN(S(=O)(=O)c2ccccc2)CC1. The molecule has 0 bridgehead atoms. The predicted molar refractivity (Wildman–Crippen MR) is 109 cm³/mol. The third-order valence-electron chi connectivity index (χ3n) is 5.82. The van der Waals surface area contributed by atoms with Gasteiger partial charge in [0.15, 0.2) is 0 Å². The number of hydrogen-bond acceptors (Lipinski definition) is 5. The lowest BCUT2D eigenvalue weighted by atomic mass is 9.80. The second-order valence-electron chi connectivity index (χ2n) is 8.95. The molecule has 152 valence electrons. The quantitative estimate of drug-likeness (QED) is 0.686. The van der Waals surface area contributed by atoms with Crippen molar-refractivity contribution in [2.45, 2.75) is 44.6 Å². The highest BCUT2D eigenvalue weighted by atomic mass is 32.2. The summed E-state index contributed by atoms with van der Waals surface area (Å²) < 4.78 is 27.1. The van der Waals surface area contributed by atoms with Gasteiger partial charge in [-0.2, -0.15) is 4.31 Å². The van der Waals surface area contributed by atoms with Crippen molar-refractivity contribution in [3.8, 4) is 0 Å². The molecule has 0 amide bonds. The van der Waals surface area contributed by atoms with Crippen molar-refractivity contribution in [3.63, 3.8) is 0 Å². The zero-order valence-corrected chi connectivity index (χ0v) is 17.6. The molecule has 27 heavy (non-hydrogen) atoms. The van der Waals surface area contributed by atoms with Crippen LogP contribution in [0.4, 0.5) is 0 Å². The number of hydrazine groups is 1. The van der Waals surface area contributed by atoms with Crippen LogP contribution in [0.2, 0.25) is 0 Å². The Morgan fingerprint density at radius 3 is 2.41 bits per heavy atom. The van der Waals surface area contributed by atoms with Crippen LogP contribution in [0.25, 0.3) is 0 Å². The summed E-state index contributed by atoms with van der Waals surface area (Å²) in [5, 5.41) is 3.64. The molecule has 2 saturated heterocycles. The first-order valence-corrected chi connectivity index (χ1v) is 11.5. The number of sulfonamides is 1. The van der Waals surface area contributed by atoms with E-state index in [-0.39, 0.29) is 5.41 Å². The average molecular weight is 395 g/mol. The third kappa shape index (κ3) is 5.09. The number of hydrogen-bond donors (Lipinski definition) is 3. The first-order valence-electron chi connectivity index (χ1n) is 10.0. The van der Waals surface area contributed by atoms with E-state index in [1.807, 2.05) is 6.07 Å². The van der Waals surface area contributed by atoms with Crippen molar-refractivity contribution in [2.24, 2.45) is 17.3 Å². The second kappa shape index (κ2) is 8.57. The molecule has 2 heterocycles. The van der Waals surface area contributed by atoms with Crippen molar-refractivity contribution < 1.29 is 8.42 Å². The van der Waals surface area contributed by atoms with Gasteiger partial charge in [-0.25, -0.2) is 8.42 Å². The predicted octanol–water partition coefficient (Wildman–Crippen LogP) is 1.82. The van der Waals surface area contributed by atoms with Gasteiger partial charge in [0.2, 0.25) is 10.0 Å². The zero-order valence-electron chi connectivity index (χ0n) is 16.7. The van der Waals surface area contributed by atoms with Gasteiger partial charge in [-0.05, 0) is 42.9 Å². The second-order valence-corrected chi connectivity index (χ2v) is 10.9. The summed E-state index contributed by atoms with van der Waals surface area (Å²) in [7, 11) is -3.35. The van der Waals surface area contributed by atoms with E-state index < -0.39 is 10.0 Å².